The van der Waals surface area contributed by atoms with Crippen LogP contribution in [0.25, 0.3) is 0 Å². The van der Waals surface area contributed by atoms with Crippen LogP contribution in [0.2, 0.25) is 0 Å². The fourth-order valence-electron chi connectivity index (χ4n) is 3.56. The first-order valence-electron chi connectivity index (χ1n) is 8.58. The minimum Gasteiger partial charge on any atom is -0.312 e. The zero-order valence-corrected chi connectivity index (χ0v) is 14.7. The van der Waals surface area contributed by atoms with Gasteiger partial charge < -0.3 is 4.90 Å². The number of fused-ring (bicyclic) bond motifs is 1. The van der Waals surface area contributed by atoms with Crippen molar-refractivity contribution < 1.29 is 13.2 Å². The Morgan fingerprint density at radius 1 is 0.840 bits per heavy atom. The van der Waals surface area contributed by atoms with Crippen LogP contribution in [0, 0.1) is 0 Å². The summed E-state index contributed by atoms with van der Waals surface area (Å²) in [5.41, 5.74) is 2.59. The number of hydrogen-bond acceptors (Lipinski definition) is 3. The van der Waals surface area contributed by atoms with E-state index in [1.807, 2.05) is 24.3 Å². The van der Waals surface area contributed by atoms with E-state index in [1.54, 1.807) is 29.2 Å². The van der Waals surface area contributed by atoms with Crippen molar-refractivity contribution in [3.05, 3.63) is 54.1 Å². The SMILES string of the molecule is O=C1CCCCN1c1ccc(S(=O)(=O)N2CCc3ccccc32)cc1. The van der Waals surface area contributed by atoms with Crippen molar-refractivity contribution >= 4 is 27.3 Å². The molecule has 1 amide bonds. The van der Waals surface area contributed by atoms with E-state index < -0.39 is 10.0 Å². The average Bonchev–Trinajstić information content (AvgIpc) is 3.07. The Hall–Kier alpha value is -2.34. The molecule has 25 heavy (non-hydrogen) atoms. The van der Waals surface area contributed by atoms with Crippen molar-refractivity contribution in [2.45, 2.75) is 30.6 Å². The van der Waals surface area contributed by atoms with Crippen LogP contribution in [-0.4, -0.2) is 27.4 Å². The first-order valence-corrected chi connectivity index (χ1v) is 10.0. The highest BCUT2D eigenvalue weighted by Crippen LogP contribution is 2.33. The van der Waals surface area contributed by atoms with Gasteiger partial charge in [-0.05, 0) is 55.2 Å². The van der Waals surface area contributed by atoms with Gasteiger partial charge in [0, 0.05) is 25.2 Å². The molecular weight excluding hydrogens is 336 g/mol. The Kier molecular flexibility index (Phi) is 4.00. The molecule has 4 rings (SSSR count). The van der Waals surface area contributed by atoms with Crippen molar-refractivity contribution in [1.82, 2.24) is 0 Å². The summed E-state index contributed by atoms with van der Waals surface area (Å²) in [6.07, 6.45) is 3.20. The van der Waals surface area contributed by atoms with Crippen molar-refractivity contribution in [2.75, 3.05) is 22.3 Å². The standard InChI is InChI=1S/C19H20N2O3S/c22-19-7-3-4-13-20(19)16-8-10-17(11-9-16)25(23,24)21-14-12-15-5-1-2-6-18(15)21/h1-2,5-6,8-11H,3-4,7,12-14H2. The largest absolute Gasteiger partial charge is 0.312 e. The summed E-state index contributed by atoms with van der Waals surface area (Å²) in [4.78, 5) is 14.0. The lowest BCUT2D eigenvalue weighted by molar-refractivity contribution is -0.119. The molecule has 0 aliphatic carbocycles. The van der Waals surface area contributed by atoms with Crippen molar-refractivity contribution in [2.24, 2.45) is 0 Å². The highest BCUT2D eigenvalue weighted by atomic mass is 32.2. The number of sulfonamides is 1. The van der Waals surface area contributed by atoms with Gasteiger partial charge in [-0.1, -0.05) is 18.2 Å². The molecule has 1 saturated heterocycles. The summed E-state index contributed by atoms with van der Waals surface area (Å²) in [6, 6.07) is 14.3. The summed E-state index contributed by atoms with van der Waals surface area (Å²) in [6.45, 7) is 1.17. The molecule has 0 atom stereocenters. The van der Waals surface area contributed by atoms with E-state index in [2.05, 4.69) is 0 Å². The second-order valence-corrected chi connectivity index (χ2v) is 8.31. The van der Waals surface area contributed by atoms with Crippen LogP contribution in [0.1, 0.15) is 24.8 Å². The molecule has 2 heterocycles. The molecule has 0 N–H and O–H groups in total. The van der Waals surface area contributed by atoms with Crippen LogP contribution >= 0.6 is 0 Å². The molecule has 130 valence electrons. The highest BCUT2D eigenvalue weighted by Gasteiger charge is 2.30. The monoisotopic (exact) mass is 356 g/mol. The fourth-order valence-corrected chi connectivity index (χ4v) is 5.07. The maximum absolute atomic E-state index is 13.0. The lowest BCUT2D eigenvalue weighted by atomic mass is 10.1. The van der Waals surface area contributed by atoms with Crippen molar-refractivity contribution in [3.8, 4) is 0 Å². The Morgan fingerprint density at radius 2 is 1.60 bits per heavy atom. The zero-order chi connectivity index (χ0) is 17.4. The van der Waals surface area contributed by atoms with Gasteiger partial charge >= 0.3 is 0 Å². The van der Waals surface area contributed by atoms with Gasteiger partial charge in [0.1, 0.15) is 0 Å². The molecule has 2 aliphatic heterocycles. The molecule has 2 aromatic carbocycles. The van der Waals surface area contributed by atoms with E-state index in [-0.39, 0.29) is 10.8 Å². The number of amides is 1. The Labute approximate surface area is 147 Å². The van der Waals surface area contributed by atoms with E-state index in [4.69, 9.17) is 0 Å². The van der Waals surface area contributed by atoms with Crippen LogP contribution < -0.4 is 9.21 Å². The average molecular weight is 356 g/mol. The Balaban J connectivity index is 1.63. The van der Waals surface area contributed by atoms with E-state index in [9.17, 15) is 13.2 Å². The topological polar surface area (TPSA) is 57.7 Å². The summed E-state index contributed by atoms with van der Waals surface area (Å²) < 4.78 is 27.5. The van der Waals surface area contributed by atoms with Crippen LogP contribution in [0.5, 0.6) is 0 Å². The number of carbonyl (C=O) groups excluding carboxylic acids is 1. The van der Waals surface area contributed by atoms with Crippen LogP contribution in [-0.2, 0) is 21.2 Å². The first kappa shape index (κ1) is 16.1. The number of hydrogen-bond donors (Lipinski definition) is 0. The molecule has 1 fully saturated rings. The van der Waals surface area contributed by atoms with Gasteiger partial charge in [-0.3, -0.25) is 9.10 Å². The lowest BCUT2D eigenvalue weighted by Crippen LogP contribution is -2.35. The lowest BCUT2D eigenvalue weighted by Gasteiger charge is -2.27. The van der Waals surface area contributed by atoms with Crippen molar-refractivity contribution in [3.63, 3.8) is 0 Å². The van der Waals surface area contributed by atoms with Gasteiger partial charge in [-0.2, -0.15) is 0 Å². The van der Waals surface area contributed by atoms with Crippen LogP contribution in [0.15, 0.2) is 53.4 Å². The molecule has 0 saturated carbocycles. The minimum atomic E-state index is -3.58. The third-order valence-corrected chi connectivity index (χ3v) is 6.73. The smallest absolute Gasteiger partial charge is 0.264 e. The third kappa shape index (κ3) is 2.80. The number of anilines is 2. The molecule has 0 unspecified atom stereocenters. The Bertz CT molecular complexity index is 907. The van der Waals surface area contributed by atoms with Crippen LogP contribution in [0.3, 0.4) is 0 Å². The number of carbonyl (C=O) groups is 1. The van der Waals surface area contributed by atoms with Gasteiger partial charge in [0.15, 0.2) is 0 Å². The predicted molar refractivity (Wildman–Crippen MR) is 97.3 cm³/mol. The van der Waals surface area contributed by atoms with Gasteiger partial charge in [0.25, 0.3) is 10.0 Å². The maximum atomic E-state index is 13.0. The minimum absolute atomic E-state index is 0.107. The molecular formula is C19H20N2O3S. The molecule has 5 nitrogen and oxygen atoms in total. The fraction of sp³-hybridized carbons (Fsp3) is 0.316. The molecule has 2 aromatic rings. The number of nitrogens with zero attached hydrogens (tertiary/aromatic N) is 2. The van der Waals surface area contributed by atoms with Gasteiger partial charge in [0.2, 0.25) is 5.91 Å². The number of piperidine rings is 1. The number of rotatable bonds is 3. The maximum Gasteiger partial charge on any atom is 0.264 e. The van der Waals surface area contributed by atoms with Gasteiger partial charge in [-0.25, -0.2) is 8.42 Å². The third-order valence-electron chi connectivity index (χ3n) is 4.90. The van der Waals surface area contributed by atoms with E-state index in [1.165, 1.54) is 4.31 Å². The second-order valence-electron chi connectivity index (χ2n) is 6.45. The molecule has 0 spiro atoms. The van der Waals surface area contributed by atoms with Crippen LogP contribution in [0.4, 0.5) is 11.4 Å². The molecule has 2 aliphatic rings. The van der Waals surface area contributed by atoms with E-state index >= 15 is 0 Å². The normalized spacial score (nSPS) is 17.7. The molecule has 0 bridgehead atoms. The number of para-hydroxylation sites is 1. The zero-order valence-electron chi connectivity index (χ0n) is 13.9. The molecule has 0 aromatic heterocycles. The molecule has 0 radical (unpaired) electrons. The highest BCUT2D eigenvalue weighted by molar-refractivity contribution is 7.92. The first-order chi connectivity index (χ1) is 12.1. The van der Waals surface area contributed by atoms with Gasteiger partial charge in [-0.15, -0.1) is 0 Å². The van der Waals surface area contributed by atoms with E-state index in [0.29, 0.717) is 19.5 Å². The summed E-state index contributed by atoms with van der Waals surface area (Å²) >= 11 is 0. The summed E-state index contributed by atoms with van der Waals surface area (Å²) in [5, 5.41) is 0. The predicted octanol–water partition coefficient (Wildman–Crippen LogP) is 2.95. The van der Waals surface area contributed by atoms with E-state index in [0.717, 1.165) is 36.2 Å². The summed E-state index contributed by atoms with van der Waals surface area (Å²) in [7, 11) is -3.58. The van der Waals surface area contributed by atoms with Crippen molar-refractivity contribution in [1.29, 1.82) is 0 Å². The quantitative estimate of drug-likeness (QED) is 0.850. The number of benzene rings is 2. The Morgan fingerprint density at radius 3 is 2.36 bits per heavy atom. The van der Waals surface area contributed by atoms with Gasteiger partial charge in [0.05, 0.1) is 10.6 Å². The molecule has 6 heteroatoms. The second kappa shape index (κ2) is 6.19. The summed E-state index contributed by atoms with van der Waals surface area (Å²) in [5.74, 6) is 0.107.